The van der Waals surface area contributed by atoms with Crippen molar-refractivity contribution >= 4 is 27.9 Å². The van der Waals surface area contributed by atoms with Gasteiger partial charge in [-0.3, -0.25) is 9.59 Å². The van der Waals surface area contributed by atoms with Crippen LogP contribution in [-0.2, 0) is 14.3 Å². The van der Waals surface area contributed by atoms with Crippen molar-refractivity contribution in [2.75, 3.05) is 6.61 Å². The molecule has 1 rings (SSSR count). The van der Waals surface area contributed by atoms with E-state index in [-0.39, 0.29) is 17.2 Å². The summed E-state index contributed by atoms with van der Waals surface area (Å²) < 4.78 is 5.49. The highest BCUT2D eigenvalue weighted by Gasteiger charge is 2.49. The van der Waals surface area contributed by atoms with Crippen LogP contribution in [0.3, 0.4) is 0 Å². The number of unbranched alkanes of at least 4 members (excludes halogenated alkanes) is 1. The quantitative estimate of drug-likeness (QED) is 0.207. The van der Waals surface area contributed by atoms with Crippen molar-refractivity contribution in [2.45, 2.75) is 84.4 Å². The maximum Gasteiger partial charge on any atom is 0.317 e. The van der Waals surface area contributed by atoms with Crippen molar-refractivity contribution in [2.24, 2.45) is 11.3 Å². The van der Waals surface area contributed by atoms with Crippen molar-refractivity contribution in [3.05, 3.63) is 0 Å². The summed E-state index contributed by atoms with van der Waals surface area (Å²) in [5.74, 6) is 2.49. The van der Waals surface area contributed by atoms with Gasteiger partial charge in [0.25, 0.3) is 0 Å². The van der Waals surface area contributed by atoms with E-state index in [0.717, 1.165) is 31.7 Å². The fourth-order valence-electron chi connectivity index (χ4n) is 3.22. The molecule has 0 bridgehead atoms. The molecule has 5 heteroatoms. The molecule has 2 unspecified atom stereocenters. The molecule has 2 atom stereocenters. The zero-order valence-electron chi connectivity index (χ0n) is 17.3. The second-order valence-electron chi connectivity index (χ2n) is 9.94. The first-order valence-electron chi connectivity index (χ1n) is 9.53. The Kier molecular flexibility index (Phi) is 7.70. The summed E-state index contributed by atoms with van der Waals surface area (Å²) in [6.45, 7) is 16.0. The minimum absolute atomic E-state index is 0.0636. The van der Waals surface area contributed by atoms with Gasteiger partial charge in [0.15, 0.2) is 0 Å². The number of hydrogen-bond donors (Lipinski definition) is 0. The molecule has 0 aliphatic heterocycles. The van der Waals surface area contributed by atoms with Crippen molar-refractivity contribution in [1.29, 1.82) is 0 Å². The molecular weight excluding hydrogens is 344 g/mol. The van der Waals surface area contributed by atoms with Gasteiger partial charge in [0, 0.05) is 20.9 Å². The zero-order chi connectivity index (χ0) is 19.3. The molecule has 0 aromatic heterocycles. The molecular formula is C20H36O3Si2. The smallest absolute Gasteiger partial charge is 0.317 e. The van der Waals surface area contributed by atoms with Crippen molar-refractivity contribution in [3.63, 3.8) is 0 Å². The van der Waals surface area contributed by atoms with Crippen LogP contribution in [0.25, 0.3) is 0 Å². The number of hydrogen-bond acceptors (Lipinski definition) is 3. The Morgan fingerprint density at radius 1 is 1.24 bits per heavy atom. The molecule has 0 amide bonds. The molecule has 0 radical (unpaired) electrons. The molecule has 1 aliphatic rings. The highest BCUT2D eigenvalue weighted by Crippen LogP contribution is 2.45. The van der Waals surface area contributed by atoms with Crippen LogP contribution in [0.4, 0.5) is 0 Å². The molecule has 1 saturated carbocycles. The lowest BCUT2D eigenvalue weighted by Gasteiger charge is -2.29. The van der Waals surface area contributed by atoms with E-state index >= 15 is 0 Å². The lowest BCUT2D eigenvalue weighted by atomic mass is 9.75. The maximum atomic E-state index is 12.5. The minimum atomic E-state index is -1.32. The predicted molar refractivity (Wildman–Crippen MR) is 110 cm³/mol. The molecule has 0 N–H and O–H groups in total. The fraction of sp³-hybridized carbons (Fsp3) is 0.800. The molecule has 0 saturated heterocycles. The van der Waals surface area contributed by atoms with E-state index in [2.05, 4.69) is 57.7 Å². The molecule has 3 nitrogen and oxygen atoms in total. The Hall–Kier alpha value is -0.866. The summed E-state index contributed by atoms with van der Waals surface area (Å²) in [5.41, 5.74) is 3.12. The van der Waals surface area contributed by atoms with E-state index in [9.17, 15) is 9.59 Å². The third-order valence-corrected chi connectivity index (χ3v) is 7.44. The van der Waals surface area contributed by atoms with Gasteiger partial charge in [-0.1, -0.05) is 46.2 Å². The van der Waals surface area contributed by atoms with Gasteiger partial charge in [-0.25, -0.2) is 0 Å². The fourth-order valence-corrected chi connectivity index (χ4v) is 4.59. The lowest BCUT2D eigenvalue weighted by molar-refractivity contribution is -0.154. The number of carbonyl (C=O) groups excluding carboxylic acids is 2. The van der Waals surface area contributed by atoms with Crippen LogP contribution in [0.5, 0.6) is 0 Å². The third-order valence-electron chi connectivity index (χ3n) is 4.81. The topological polar surface area (TPSA) is 43.4 Å². The van der Waals surface area contributed by atoms with Gasteiger partial charge < -0.3 is 4.74 Å². The molecule has 0 spiro atoms. The third kappa shape index (κ3) is 7.91. The second kappa shape index (κ2) is 8.68. The predicted octanol–water partition coefficient (Wildman–Crippen LogP) is 4.90. The first kappa shape index (κ1) is 22.2. The van der Waals surface area contributed by atoms with Crippen molar-refractivity contribution in [1.82, 2.24) is 0 Å². The molecule has 0 heterocycles. The molecule has 142 valence electrons. The van der Waals surface area contributed by atoms with E-state index in [1.54, 1.807) is 0 Å². The van der Waals surface area contributed by atoms with E-state index < -0.39 is 22.1 Å². The summed E-state index contributed by atoms with van der Waals surface area (Å²) in [5, 5.41) is 0. The van der Waals surface area contributed by atoms with Crippen LogP contribution < -0.4 is 0 Å². The summed E-state index contributed by atoms with van der Waals surface area (Å²) in [6.07, 6.45) is 3.96. The summed E-state index contributed by atoms with van der Waals surface area (Å²) in [6, 6.07) is 0.947. The van der Waals surface area contributed by atoms with Gasteiger partial charge in [-0.15, -0.1) is 11.5 Å². The summed E-state index contributed by atoms with van der Waals surface area (Å²) in [7, 11) is -2.55. The maximum absolute atomic E-state index is 12.5. The van der Waals surface area contributed by atoms with Gasteiger partial charge in [-0.2, -0.15) is 0 Å². The lowest BCUT2D eigenvalue weighted by Crippen LogP contribution is -2.35. The Bertz CT molecular complexity index is 546. The van der Waals surface area contributed by atoms with E-state index in [1.165, 1.54) is 0 Å². The van der Waals surface area contributed by atoms with Gasteiger partial charge in [0.2, 0.25) is 0 Å². The number of esters is 1. The number of ketones is 1. The van der Waals surface area contributed by atoms with E-state index in [1.807, 2.05) is 0 Å². The molecule has 0 aromatic rings. The second-order valence-corrected chi connectivity index (χ2v) is 20.3. The number of Topliss-reactive ketones (excluding diaryl/α,β-unsaturated/α-hetero) is 1. The van der Waals surface area contributed by atoms with Crippen LogP contribution in [0.15, 0.2) is 0 Å². The average molecular weight is 381 g/mol. The normalized spacial score (nSPS) is 24.0. The molecule has 1 aliphatic carbocycles. The number of carbonyl (C=O) groups is 2. The van der Waals surface area contributed by atoms with Crippen LogP contribution in [0.2, 0.25) is 45.3 Å². The SMILES string of the molecule is CC1(CCCC#C[Si](C)(C)C)CCC(=O)C1C(=O)OCC[Si](C)(C)C. The van der Waals surface area contributed by atoms with Crippen LogP contribution in [-0.4, -0.2) is 34.5 Å². The van der Waals surface area contributed by atoms with Crippen LogP contribution in [0, 0.1) is 22.8 Å². The number of rotatable bonds is 7. The average Bonchev–Trinajstić information content (AvgIpc) is 2.71. The van der Waals surface area contributed by atoms with Gasteiger partial charge in [0.05, 0.1) is 6.61 Å². The standard InChI is InChI=1S/C20H36O3Si2/c1-20(12-9-8-10-15-24(2,3)4)13-11-17(21)18(20)19(22)23-14-16-25(5,6)7/h18H,8-9,11-14,16H2,1-7H3. The Labute approximate surface area is 156 Å². The van der Waals surface area contributed by atoms with E-state index in [0.29, 0.717) is 13.0 Å². The van der Waals surface area contributed by atoms with E-state index in [4.69, 9.17) is 4.74 Å². The zero-order valence-corrected chi connectivity index (χ0v) is 19.3. The molecule has 1 fully saturated rings. The van der Waals surface area contributed by atoms with Crippen LogP contribution >= 0.6 is 0 Å². The van der Waals surface area contributed by atoms with Crippen molar-refractivity contribution in [3.8, 4) is 11.5 Å². The first-order chi connectivity index (χ1) is 11.3. The highest BCUT2D eigenvalue weighted by atomic mass is 28.3. The number of ether oxygens (including phenoxy) is 1. The molecule has 0 aromatic carbocycles. The highest BCUT2D eigenvalue weighted by molar-refractivity contribution is 6.83. The largest absolute Gasteiger partial charge is 0.465 e. The van der Waals surface area contributed by atoms with Gasteiger partial charge >= 0.3 is 5.97 Å². The van der Waals surface area contributed by atoms with Gasteiger partial charge in [0.1, 0.15) is 19.8 Å². The Balaban J connectivity index is 2.59. The van der Waals surface area contributed by atoms with Crippen molar-refractivity contribution < 1.29 is 14.3 Å². The van der Waals surface area contributed by atoms with Crippen LogP contribution in [0.1, 0.15) is 39.0 Å². The monoisotopic (exact) mass is 380 g/mol. The first-order valence-corrected chi connectivity index (χ1v) is 16.7. The Morgan fingerprint density at radius 3 is 2.44 bits per heavy atom. The minimum Gasteiger partial charge on any atom is -0.465 e. The summed E-state index contributed by atoms with van der Waals surface area (Å²) in [4.78, 5) is 24.8. The molecule has 25 heavy (non-hydrogen) atoms. The Morgan fingerprint density at radius 2 is 1.88 bits per heavy atom. The van der Waals surface area contributed by atoms with Gasteiger partial charge in [-0.05, 0) is 30.7 Å². The summed E-state index contributed by atoms with van der Waals surface area (Å²) >= 11 is 0.